The number of aromatic nitrogens is 2. The average Bonchev–Trinajstić information content (AvgIpc) is 4.00. The van der Waals surface area contributed by atoms with Gasteiger partial charge in [0.05, 0.1) is 52.4 Å². The minimum Gasteiger partial charge on any atom is -1.00 e. The monoisotopic (exact) mass is 1110 g/mol. The molecule has 0 bridgehead atoms. The summed E-state index contributed by atoms with van der Waals surface area (Å²) in [5.41, 5.74) is 1.60. The molecule has 6 rings (SSSR count). The van der Waals surface area contributed by atoms with Crippen LogP contribution in [0.15, 0.2) is 69.7 Å². The Labute approximate surface area is 438 Å². The zero-order chi connectivity index (χ0) is 50.9. The van der Waals surface area contributed by atoms with Gasteiger partial charge < -0.3 is 49.1 Å². The summed E-state index contributed by atoms with van der Waals surface area (Å²) >= 11 is 2.15. The van der Waals surface area contributed by atoms with Gasteiger partial charge in [0.15, 0.2) is 22.6 Å². The maximum absolute atomic E-state index is 13.2. The molecule has 0 amide bonds. The Balaban J connectivity index is 0.000000458. The van der Waals surface area contributed by atoms with E-state index in [-0.39, 0.29) is 52.9 Å². The molecule has 2 aromatic heterocycles. The SMILES string of the molecule is CCCc1c(OCCCN(C)c2ccc(C(=O)OC)c(OC)c2)ccc2c(C(F)(F)F)noc12.CCCc1c(OCCCNc2ccc(C(=O)OC)c(OC)c2)ccc2c(C(F)(F)F)noc12.CI.[H-].[Na+]. The largest absolute Gasteiger partial charge is 1.00 e. The van der Waals surface area contributed by atoms with Gasteiger partial charge in [-0.25, -0.2) is 9.59 Å². The third kappa shape index (κ3) is 15.2. The van der Waals surface area contributed by atoms with Crippen LogP contribution in [0.3, 0.4) is 0 Å². The van der Waals surface area contributed by atoms with Gasteiger partial charge in [-0.2, -0.15) is 26.3 Å². The predicted molar refractivity (Wildman–Crippen MR) is 258 cm³/mol. The number of rotatable bonds is 20. The van der Waals surface area contributed by atoms with Crippen molar-refractivity contribution in [3.8, 4) is 23.0 Å². The van der Waals surface area contributed by atoms with Crippen LogP contribution in [0.1, 0.15) is 84.2 Å². The molecule has 1 N–H and O–H groups in total. The zero-order valence-electron chi connectivity index (χ0n) is 41.4. The molecule has 0 saturated carbocycles. The van der Waals surface area contributed by atoms with E-state index in [1.54, 1.807) is 42.5 Å². The van der Waals surface area contributed by atoms with Gasteiger partial charge in [0, 0.05) is 54.8 Å². The van der Waals surface area contributed by atoms with Gasteiger partial charge in [-0.1, -0.05) is 59.6 Å². The molecule has 4 aromatic carbocycles. The van der Waals surface area contributed by atoms with Crippen LogP contribution < -0.4 is 58.7 Å². The van der Waals surface area contributed by atoms with Crippen LogP contribution in [0.4, 0.5) is 37.7 Å². The first-order chi connectivity index (χ1) is 33.0. The van der Waals surface area contributed by atoms with Crippen LogP contribution in [-0.2, 0) is 34.7 Å². The summed E-state index contributed by atoms with van der Waals surface area (Å²) in [6.45, 7) is 5.74. The number of fused-ring (bicyclic) bond motifs is 2. The van der Waals surface area contributed by atoms with Gasteiger partial charge in [-0.15, -0.1) is 0 Å². The Morgan fingerprint density at radius 3 is 1.57 bits per heavy atom. The second kappa shape index (κ2) is 28.0. The molecule has 70 heavy (non-hydrogen) atoms. The molecule has 0 radical (unpaired) electrons. The molecular formula is C48H56F6IN4NaO10. The van der Waals surface area contributed by atoms with E-state index in [1.165, 1.54) is 46.6 Å². The minimum absolute atomic E-state index is 0. The molecule has 22 heteroatoms. The van der Waals surface area contributed by atoms with Gasteiger partial charge in [-0.3, -0.25) is 0 Å². The third-order valence-electron chi connectivity index (χ3n) is 10.4. The van der Waals surface area contributed by atoms with Gasteiger partial charge in [0.25, 0.3) is 0 Å². The van der Waals surface area contributed by atoms with E-state index in [2.05, 4.69) is 38.2 Å². The molecule has 0 aliphatic carbocycles. The third-order valence-corrected chi connectivity index (χ3v) is 10.4. The molecule has 0 aliphatic rings. The van der Waals surface area contributed by atoms with E-state index < -0.39 is 35.7 Å². The maximum atomic E-state index is 13.2. The number of alkyl halides is 7. The van der Waals surface area contributed by atoms with Gasteiger partial charge >= 0.3 is 53.8 Å². The number of nitrogens with one attached hydrogen (secondary N) is 1. The molecule has 378 valence electrons. The molecule has 6 aromatic rings. The Kier molecular flexibility index (Phi) is 23.7. The number of hydrogen-bond acceptors (Lipinski definition) is 14. The van der Waals surface area contributed by atoms with Crippen molar-refractivity contribution in [1.29, 1.82) is 0 Å². The fourth-order valence-corrected chi connectivity index (χ4v) is 7.11. The number of nitrogens with zero attached hydrogens (tertiary/aromatic N) is 3. The second-order valence-electron chi connectivity index (χ2n) is 14.9. The van der Waals surface area contributed by atoms with Gasteiger partial charge in [0.2, 0.25) is 0 Å². The van der Waals surface area contributed by atoms with Crippen LogP contribution in [-0.4, -0.2) is 89.0 Å². The smallest absolute Gasteiger partial charge is 1.00 e. The fourth-order valence-electron chi connectivity index (χ4n) is 7.11. The predicted octanol–water partition coefficient (Wildman–Crippen LogP) is 9.14. The summed E-state index contributed by atoms with van der Waals surface area (Å²) in [6, 6.07) is 16.0. The number of halogens is 7. The van der Waals surface area contributed by atoms with Gasteiger partial charge in [0.1, 0.15) is 34.1 Å². The van der Waals surface area contributed by atoms with Crippen LogP contribution in [0.5, 0.6) is 23.0 Å². The first-order valence-corrected chi connectivity index (χ1v) is 23.7. The summed E-state index contributed by atoms with van der Waals surface area (Å²) in [4.78, 5) is 27.5. The number of ether oxygens (including phenoxy) is 6. The van der Waals surface area contributed by atoms with Crippen molar-refractivity contribution in [2.24, 2.45) is 0 Å². The Morgan fingerprint density at radius 2 is 1.13 bits per heavy atom. The topological polar surface area (TPSA) is 157 Å². The molecule has 0 unspecified atom stereocenters. The normalized spacial score (nSPS) is 11.1. The molecule has 14 nitrogen and oxygen atoms in total. The number of esters is 2. The average molecular weight is 1110 g/mol. The van der Waals surface area contributed by atoms with Crippen molar-refractivity contribution in [3.05, 3.63) is 94.3 Å². The first-order valence-electron chi connectivity index (χ1n) is 21.6. The van der Waals surface area contributed by atoms with E-state index in [0.717, 1.165) is 11.4 Å². The van der Waals surface area contributed by atoms with Crippen molar-refractivity contribution in [3.63, 3.8) is 0 Å². The van der Waals surface area contributed by atoms with Crippen molar-refractivity contribution in [2.45, 2.75) is 64.7 Å². The quantitative estimate of drug-likeness (QED) is 0.0193. The zero-order valence-corrected chi connectivity index (χ0v) is 44.6. The fraction of sp³-hybridized carbons (Fsp3) is 0.417. The van der Waals surface area contributed by atoms with E-state index in [9.17, 15) is 35.9 Å². The van der Waals surface area contributed by atoms with Crippen molar-refractivity contribution in [1.82, 2.24) is 10.3 Å². The number of carbonyl (C=O) groups is 2. The van der Waals surface area contributed by atoms with Crippen molar-refractivity contribution in [2.75, 3.05) is 76.9 Å². The number of hydrogen-bond donors (Lipinski definition) is 1. The molecule has 0 fully saturated rings. The van der Waals surface area contributed by atoms with E-state index in [1.807, 2.05) is 30.7 Å². The van der Waals surface area contributed by atoms with Crippen molar-refractivity contribution < 1.29 is 104 Å². The molecule has 0 atom stereocenters. The van der Waals surface area contributed by atoms with Crippen LogP contribution >= 0.6 is 22.6 Å². The number of aryl methyl sites for hydroxylation is 2. The summed E-state index contributed by atoms with van der Waals surface area (Å²) in [6.07, 6.45) is -5.47. The molecule has 0 spiro atoms. The Bertz CT molecular complexity index is 2630. The Hall–Kier alpha value is -5.13. The van der Waals surface area contributed by atoms with Crippen LogP contribution in [0.2, 0.25) is 0 Å². The molecular weight excluding hydrogens is 1060 g/mol. The summed E-state index contributed by atoms with van der Waals surface area (Å²) in [5, 5.41) is 9.55. The molecule has 2 heterocycles. The van der Waals surface area contributed by atoms with Crippen molar-refractivity contribution >= 4 is 67.8 Å². The summed E-state index contributed by atoms with van der Waals surface area (Å²) in [7, 11) is 7.46. The summed E-state index contributed by atoms with van der Waals surface area (Å²) < 4.78 is 121. The van der Waals surface area contributed by atoms with E-state index in [0.29, 0.717) is 110 Å². The van der Waals surface area contributed by atoms with E-state index >= 15 is 0 Å². The number of anilines is 2. The standard InChI is InChI=1S/C24H27F3N2O5.C23H25F3N2O5.CH3I.Na.H/c1-5-7-16-19(11-10-18-21(16)34-28-22(18)24(25,26)27)33-13-6-12-29(2)15-8-9-17(23(30)32-4)20(14-15)31-3;1-4-6-15-18(10-9-17-20(15)33-28-21(17)23(24,25)26)32-12-5-11-27-14-7-8-16(22(29)31-3)19(13-14)30-2;1-2;;/h8-11,14H,5-7,12-13H2,1-4H3;7-10,13,27H,4-6,11-12H2,1-3H3;1H3;;/q;;;+1;-1. The number of methoxy groups -OCH3 is 4. The second-order valence-corrected chi connectivity index (χ2v) is 14.9. The summed E-state index contributed by atoms with van der Waals surface area (Å²) in [5.74, 6) is 0.819. The number of carbonyl (C=O) groups excluding carboxylic acids is 2. The Morgan fingerprint density at radius 1 is 0.671 bits per heavy atom. The first kappa shape index (κ1) is 59.2. The van der Waals surface area contributed by atoms with E-state index in [4.69, 9.17) is 37.5 Å². The maximum Gasteiger partial charge on any atom is 1.00 e. The molecule has 0 saturated heterocycles. The molecule has 0 aliphatic heterocycles. The van der Waals surface area contributed by atoms with Crippen LogP contribution in [0.25, 0.3) is 21.9 Å². The van der Waals surface area contributed by atoms with Gasteiger partial charge in [-0.05, 0) is 79.1 Å². The minimum atomic E-state index is -4.58. The van der Waals surface area contributed by atoms with Crippen LogP contribution in [0, 0.1) is 0 Å². The number of benzene rings is 4.